The van der Waals surface area contributed by atoms with E-state index in [2.05, 4.69) is 36.2 Å². The number of quaternary nitrogens is 1. The number of nitrogens with zero attached hydrogens (tertiary/aromatic N) is 3. The molecule has 0 spiro atoms. The zero-order valence-electron chi connectivity index (χ0n) is 23.7. The summed E-state index contributed by atoms with van der Waals surface area (Å²) >= 11 is 0. The highest BCUT2D eigenvalue weighted by atomic mass is 32.2. The van der Waals surface area contributed by atoms with E-state index < -0.39 is 22.0 Å². The molecular formula is C27H47N4O4S+. The smallest absolute Gasteiger partial charge is 0.386 e. The van der Waals surface area contributed by atoms with Crippen LogP contribution < -0.4 is 5.76 Å². The van der Waals surface area contributed by atoms with E-state index in [1.54, 1.807) is 18.4 Å². The third-order valence-corrected chi connectivity index (χ3v) is 10.2. The molecule has 204 valence electrons. The Morgan fingerprint density at radius 1 is 1.14 bits per heavy atom. The first-order valence-electron chi connectivity index (χ1n) is 13.4. The fraction of sp³-hybridized carbons (Fsp3) is 0.704. The molecule has 1 saturated heterocycles. The summed E-state index contributed by atoms with van der Waals surface area (Å²) in [6, 6.07) is 3.42. The van der Waals surface area contributed by atoms with Crippen molar-refractivity contribution < 1.29 is 16.7 Å². The molecular weight excluding hydrogens is 476 g/mol. The largest absolute Gasteiger partial charge is 0.434 e. The predicted octanol–water partition coefficient (Wildman–Crippen LogP) is 5.38. The third-order valence-electron chi connectivity index (χ3n) is 7.77. The molecule has 2 aromatic rings. The first-order valence-corrected chi connectivity index (χ1v) is 14.8. The maximum Gasteiger partial charge on any atom is 0.434 e. The van der Waals surface area contributed by atoms with Crippen LogP contribution in [0.3, 0.4) is 0 Å². The van der Waals surface area contributed by atoms with Gasteiger partial charge in [0.15, 0.2) is 6.04 Å². The fourth-order valence-electron chi connectivity index (χ4n) is 5.58. The lowest BCUT2D eigenvalue weighted by Gasteiger charge is -2.42. The fourth-order valence-corrected chi connectivity index (χ4v) is 7.41. The number of hydrogen-bond donors (Lipinski definition) is 1. The van der Waals surface area contributed by atoms with Crippen LogP contribution in [0.4, 0.5) is 0 Å². The van der Waals surface area contributed by atoms with E-state index in [0.29, 0.717) is 19.0 Å². The zero-order chi connectivity index (χ0) is 27.3. The van der Waals surface area contributed by atoms with Crippen molar-refractivity contribution in [2.75, 3.05) is 27.2 Å². The van der Waals surface area contributed by atoms with E-state index in [4.69, 9.17) is 4.42 Å². The highest BCUT2D eigenvalue weighted by Crippen LogP contribution is 2.43. The summed E-state index contributed by atoms with van der Waals surface area (Å²) < 4.78 is 34.8. The number of aromatic nitrogens is 2. The number of aryl methyl sites for hydroxylation is 2. The average molecular weight is 524 g/mol. The van der Waals surface area contributed by atoms with Gasteiger partial charge in [-0.25, -0.2) is 9.89 Å². The molecule has 1 N–H and O–H groups in total. The Bertz CT molecular complexity index is 1140. The minimum atomic E-state index is -3.78. The van der Waals surface area contributed by atoms with Crippen LogP contribution in [-0.2, 0) is 10.2 Å². The number of likely N-dealkylation sites (N-methyl/N-ethyl adjacent to an activating group) is 1. The van der Waals surface area contributed by atoms with Gasteiger partial charge in [0.2, 0.25) is 0 Å². The molecule has 1 aromatic heterocycles. The van der Waals surface area contributed by atoms with E-state index in [-0.39, 0.29) is 15.7 Å². The molecule has 0 amide bonds. The van der Waals surface area contributed by atoms with Crippen molar-refractivity contribution in [2.24, 2.45) is 5.92 Å². The topological polar surface area (TPSA) is 96.3 Å². The van der Waals surface area contributed by atoms with Gasteiger partial charge in [-0.15, -0.1) is 5.10 Å². The van der Waals surface area contributed by atoms with Crippen LogP contribution in [0.5, 0.6) is 0 Å². The quantitative estimate of drug-likeness (QED) is 0.445. The van der Waals surface area contributed by atoms with E-state index >= 15 is 0 Å². The van der Waals surface area contributed by atoms with Crippen LogP contribution in [0.15, 0.2) is 21.3 Å². The van der Waals surface area contributed by atoms with Crippen LogP contribution in [-0.4, -0.2) is 54.0 Å². The summed E-state index contributed by atoms with van der Waals surface area (Å²) in [5.74, 6) is -0.250. The molecule has 1 aliphatic heterocycles. The Balaban J connectivity index is 0.00000222. The van der Waals surface area contributed by atoms with Crippen LogP contribution in [0.25, 0.3) is 0 Å². The number of benzene rings is 1. The number of nitrogens with one attached hydrogen (secondary N) is 1. The number of unbranched alkanes of at least 4 members (excludes halogenated alkanes) is 1. The van der Waals surface area contributed by atoms with E-state index in [1.165, 1.54) is 6.42 Å². The van der Waals surface area contributed by atoms with Gasteiger partial charge in [0, 0.05) is 19.0 Å². The second-order valence-electron chi connectivity index (χ2n) is 10.3. The van der Waals surface area contributed by atoms with Crippen LogP contribution in [0.2, 0.25) is 0 Å². The molecule has 3 rings (SSSR count). The summed E-state index contributed by atoms with van der Waals surface area (Å²) in [6.45, 7) is 15.4. The highest BCUT2D eigenvalue weighted by molar-refractivity contribution is 7.83. The Morgan fingerprint density at radius 2 is 1.72 bits per heavy atom. The third kappa shape index (κ3) is 6.11. The van der Waals surface area contributed by atoms with E-state index in [0.717, 1.165) is 47.9 Å². The van der Waals surface area contributed by atoms with Crippen molar-refractivity contribution in [1.82, 2.24) is 14.5 Å². The number of aromatic amines is 1. The first-order chi connectivity index (χ1) is 16.9. The van der Waals surface area contributed by atoms with Gasteiger partial charge in [-0.1, -0.05) is 59.1 Å². The van der Waals surface area contributed by atoms with Gasteiger partial charge in [-0.3, -0.25) is 0 Å². The second-order valence-corrected chi connectivity index (χ2v) is 12.7. The standard InChI is InChI=1S/C25H40N4O4S.C2H6/c1-8-9-10-21-13-15-28(16-14-21)34(31,32)29(6,7)23(24-26-27-25(30)33-24)20(5)22-18(3)12-11-17(2)19(22)4;1-2/h11-12,20-21,23H,8-10,13-16H2,1-7H3;1-2H3/p+1. The summed E-state index contributed by atoms with van der Waals surface area (Å²) in [7, 11) is -0.399. The van der Waals surface area contributed by atoms with Gasteiger partial charge in [0.1, 0.15) is 0 Å². The lowest BCUT2D eigenvalue weighted by Crippen LogP contribution is -2.57. The Hall–Kier alpha value is -1.97. The zero-order valence-corrected chi connectivity index (χ0v) is 24.5. The number of H-pyrrole nitrogens is 1. The molecule has 1 aromatic carbocycles. The number of hydrogen-bond acceptors (Lipinski definition) is 5. The summed E-state index contributed by atoms with van der Waals surface area (Å²) in [5.41, 5.74) is 4.39. The average Bonchev–Trinajstić information content (AvgIpc) is 3.27. The van der Waals surface area contributed by atoms with Gasteiger partial charge in [0.05, 0.1) is 14.1 Å². The summed E-state index contributed by atoms with van der Waals surface area (Å²) in [5, 5.41) is 6.45. The van der Waals surface area contributed by atoms with E-state index in [9.17, 15) is 13.2 Å². The molecule has 2 atom stereocenters. The molecule has 0 radical (unpaired) electrons. The number of rotatable bonds is 9. The van der Waals surface area contributed by atoms with Gasteiger partial charge < -0.3 is 4.42 Å². The molecule has 0 bridgehead atoms. The molecule has 8 nitrogen and oxygen atoms in total. The van der Waals surface area contributed by atoms with E-state index in [1.807, 2.05) is 34.6 Å². The molecule has 36 heavy (non-hydrogen) atoms. The molecule has 1 aliphatic rings. The maximum atomic E-state index is 14.1. The molecule has 0 saturated carbocycles. The normalized spacial score (nSPS) is 17.4. The molecule has 2 unspecified atom stereocenters. The van der Waals surface area contributed by atoms with Gasteiger partial charge in [-0.2, -0.15) is 16.6 Å². The van der Waals surface area contributed by atoms with Crippen molar-refractivity contribution in [3.63, 3.8) is 0 Å². The molecule has 2 heterocycles. The predicted molar refractivity (Wildman–Crippen MR) is 145 cm³/mol. The molecule has 0 aliphatic carbocycles. The van der Waals surface area contributed by atoms with Crippen LogP contribution in [0.1, 0.15) is 99.9 Å². The van der Waals surface area contributed by atoms with Crippen molar-refractivity contribution in [3.05, 3.63) is 50.8 Å². The first kappa shape index (κ1) is 30.3. The Morgan fingerprint density at radius 3 is 2.25 bits per heavy atom. The van der Waals surface area contributed by atoms with Crippen molar-refractivity contribution in [2.45, 2.75) is 92.5 Å². The number of piperidine rings is 1. The van der Waals surface area contributed by atoms with Gasteiger partial charge in [0.25, 0.3) is 5.89 Å². The maximum absolute atomic E-state index is 14.1. The monoisotopic (exact) mass is 523 g/mol. The molecule has 9 heteroatoms. The summed E-state index contributed by atoms with van der Waals surface area (Å²) in [6.07, 6.45) is 5.27. The van der Waals surface area contributed by atoms with Crippen LogP contribution in [0, 0.1) is 26.7 Å². The van der Waals surface area contributed by atoms with Crippen LogP contribution >= 0.6 is 0 Å². The SMILES string of the molecule is CC.CCCCC1CCN(S(=O)(=O)[N+](C)(C)C(c2n[nH]c(=O)o2)C(C)c2c(C)ccc(C)c2C)CC1. The Kier molecular flexibility index (Phi) is 10.5. The lowest BCUT2D eigenvalue weighted by molar-refractivity contribution is -0.805. The minimum absolute atomic E-state index is 0.115. The molecule has 1 fully saturated rings. The van der Waals surface area contributed by atoms with Crippen molar-refractivity contribution >= 4 is 10.2 Å². The second kappa shape index (κ2) is 12.5. The summed E-state index contributed by atoms with van der Waals surface area (Å²) in [4.78, 5) is 11.9. The van der Waals surface area contributed by atoms with Crippen molar-refractivity contribution in [3.8, 4) is 0 Å². The van der Waals surface area contributed by atoms with Gasteiger partial charge >= 0.3 is 16.0 Å². The minimum Gasteiger partial charge on any atom is -0.386 e. The highest BCUT2D eigenvalue weighted by Gasteiger charge is 2.51. The lowest BCUT2D eigenvalue weighted by atomic mass is 9.84. The van der Waals surface area contributed by atoms with Crippen molar-refractivity contribution in [1.29, 1.82) is 0 Å². The van der Waals surface area contributed by atoms with Gasteiger partial charge in [-0.05, 0) is 61.8 Å². The Labute approximate surface area is 217 Å².